The first-order valence-electron chi connectivity index (χ1n) is 8.64. The molecule has 6 nitrogen and oxygen atoms in total. The molecule has 1 unspecified atom stereocenters. The minimum atomic E-state index is -2.80. The van der Waals surface area contributed by atoms with Crippen molar-refractivity contribution < 1.29 is 28.2 Å². The maximum Gasteiger partial charge on any atom is 0.337 e. The molecule has 0 spiro atoms. The Balaban J connectivity index is 2.07. The van der Waals surface area contributed by atoms with Crippen LogP contribution in [0.25, 0.3) is 11.1 Å². The van der Waals surface area contributed by atoms with Gasteiger partial charge in [0.05, 0.1) is 25.5 Å². The van der Waals surface area contributed by atoms with E-state index in [9.17, 15) is 18.7 Å². The van der Waals surface area contributed by atoms with Crippen LogP contribution in [0, 0.1) is 17.8 Å². The molecule has 28 heavy (non-hydrogen) atoms. The number of pyridine rings is 2. The third kappa shape index (κ3) is 4.43. The van der Waals surface area contributed by atoms with Gasteiger partial charge in [0, 0.05) is 29.8 Å². The maximum absolute atomic E-state index is 13.1. The Bertz CT molecular complexity index is 932. The van der Waals surface area contributed by atoms with Gasteiger partial charge in [-0.25, -0.2) is 18.6 Å². The van der Waals surface area contributed by atoms with E-state index >= 15 is 0 Å². The first kappa shape index (κ1) is 19.7. The fourth-order valence-electron chi connectivity index (χ4n) is 2.90. The number of carboxylic acid groups (broad SMARTS) is 1. The van der Waals surface area contributed by atoms with Gasteiger partial charge >= 0.3 is 5.97 Å². The number of halogens is 2. The Morgan fingerprint density at radius 1 is 1.32 bits per heavy atom. The maximum atomic E-state index is 13.1. The average Bonchev–Trinajstić information content (AvgIpc) is 2.72. The molecule has 3 heterocycles. The molecule has 0 radical (unpaired) electrons. The lowest BCUT2D eigenvalue weighted by Gasteiger charge is -2.16. The molecule has 1 N–H and O–H groups in total. The molecule has 2 aromatic heterocycles. The number of carbonyl (C=O) groups is 1. The zero-order valence-corrected chi connectivity index (χ0v) is 15.1. The van der Waals surface area contributed by atoms with Crippen LogP contribution in [-0.2, 0) is 4.74 Å². The van der Waals surface area contributed by atoms with E-state index in [1.165, 1.54) is 19.4 Å². The summed E-state index contributed by atoms with van der Waals surface area (Å²) < 4.78 is 36.8. The number of carboxylic acids is 1. The van der Waals surface area contributed by atoms with Crippen molar-refractivity contribution in [2.45, 2.75) is 19.3 Å². The van der Waals surface area contributed by atoms with Gasteiger partial charge < -0.3 is 14.6 Å². The topological polar surface area (TPSA) is 81.5 Å². The van der Waals surface area contributed by atoms with E-state index in [0.717, 1.165) is 31.7 Å². The number of rotatable bonds is 4. The largest absolute Gasteiger partial charge is 0.494 e. The van der Waals surface area contributed by atoms with Gasteiger partial charge in [-0.2, -0.15) is 0 Å². The summed E-state index contributed by atoms with van der Waals surface area (Å²) in [5.74, 6) is 5.03. The van der Waals surface area contributed by atoms with Crippen LogP contribution in [0.3, 0.4) is 0 Å². The molecule has 0 aliphatic carbocycles. The van der Waals surface area contributed by atoms with Crippen LogP contribution in [0.4, 0.5) is 8.78 Å². The number of aromatic carboxylic acids is 1. The summed E-state index contributed by atoms with van der Waals surface area (Å²) in [6, 6.07) is 2.59. The molecule has 8 heteroatoms. The Kier molecular flexibility index (Phi) is 6.16. The Hall–Kier alpha value is -3.05. The monoisotopic (exact) mass is 388 g/mol. The Morgan fingerprint density at radius 3 is 2.79 bits per heavy atom. The highest BCUT2D eigenvalue weighted by Crippen LogP contribution is 2.34. The van der Waals surface area contributed by atoms with Crippen LogP contribution in [0.1, 0.15) is 41.0 Å². The minimum Gasteiger partial charge on any atom is -0.494 e. The molecule has 1 aliphatic rings. The second-order valence-corrected chi connectivity index (χ2v) is 6.21. The van der Waals surface area contributed by atoms with Gasteiger partial charge in [0.2, 0.25) is 0 Å². The van der Waals surface area contributed by atoms with Crippen LogP contribution in [0.2, 0.25) is 0 Å². The first-order chi connectivity index (χ1) is 13.5. The quantitative estimate of drug-likeness (QED) is 0.807. The van der Waals surface area contributed by atoms with Crippen LogP contribution >= 0.6 is 0 Å². The van der Waals surface area contributed by atoms with Gasteiger partial charge in [-0.05, 0) is 30.9 Å². The van der Waals surface area contributed by atoms with Crippen molar-refractivity contribution in [2.24, 2.45) is 5.92 Å². The number of hydrogen-bond acceptors (Lipinski definition) is 5. The van der Waals surface area contributed by atoms with Crippen molar-refractivity contribution >= 4 is 5.97 Å². The van der Waals surface area contributed by atoms with Crippen molar-refractivity contribution in [3.05, 3.63) is 41.5 Å². The minimum absolute atomic E-state index is 0.0825. The van der Waals surface area contributed by atoms with Crippen LogP contribution in [0.5, 0.6) is 5.75 Å². The zero-order valence-electron chi connectivity index (χ0n) is 15.1. The van der Waals surface area contributed by atoms with E-state index in [1.54, 1.807) is 0 Å². The third-order valence-electron chi connectivity index (χ3n) is 4.32. The normalized spacial score (nSPS) is 16.4. The zero-order chi connectivity index (χ0) is 20.1. The van der Waals surface area contributed by atoms with Crippen LogP contribution < -0.4 is 4.74 Å². The molecular weight excluding hydrogens is 370 g/mol. The van der Waals surface area contributed by atoms with Gasteiger partial charge in [0.25, 0.3) is 6.43 Å². The van der Waals surface area contributed by atoms with E-state index in [-0.39, 0.29) is 28.4 Å². The molecule has 2 aromatic rings. The van der Waals surface area contributed by atoms with E-state index in [1.807, 2.05) is 0 Å². The number of alkyl halides is 2. The van der Waals surface area contributed by atoms with E-state index < -0.39 is 18.1 Å². The summed E-state index contributed by atoms with van der Waals surface area (Å²) in [5, 5.41) is 9.50. The van der Waals surface area contributed by atoms with Gasteiger partial charge in [-0.3, -0.25) is 4.98 Å². The lowest BCUT2D eigenvalue weighted by atomic mass is 9.99. The number of methoxy groups -OCH3 is 1. The number of hydrogen-bond donors (Lipinski definition) is 1. The highest BCUT2D eigenvalue weighted by Gasteiger charge is 2.20. The molecule has 0 saturated carbocycles. The molecule has 0 bridgehead atoms. The van der Waals surface area contributed by atoms with Crippen molar-refractivity contribution in [1.29, 1.82) is 0 Å². The van der Waals surface area contributed by atoms with Gasteiger partial charge in [0.15, 0.2) is 0 Å². The molecule has 146 valence electrons. The predicted octanol–water partition coefficient (Wildman–Crippen LogP) is 3.57. The predicted molar refractivity (Wildman–Crippen MR) is 96.4 cm³/mol. The van der Waals surface area contributed by atoms with Crippen LogP contribution in [0.15, 0.2) is 24.5 Å². The van der Waals surface area contributed by atoms with Crippen molar-refractivity contribution in [3.63, 3.8) is 0 Å². The molecule has 3 rings (SSSR count). The number of aromatic nitrogens is 2. The molecule has 1 saturated heterocycles. The third-order valence-corrected chi connectivity index (χ3v) is 4.32. The fraction of sp³-hybridized carbons (Fsp3) is 0.350. The SMILES string of the molecule is COc1cnc(C(F)F)cc1-c1cc(C#CC2CCCOC2)ncc1C(=O)O. The highest BCUT2D eigenvalue weighted by atomic mass is 19.3. The smallest absolute Gasteiger partial charge is 0.337 e. The molecule has 1 aliphatic heterocycles. The van der Waals surface area contributed by atoms with E-state index in [0.29, 0.717) is 12.3 Å². The van der Waals surface area contributed by atoms with Crippen LogP contribution in [-0.4, -0.2) is 41.4 Å². The van der Waals surface area contributed by atoms with Crippen molar-refractivity contribution in [3.8, 4) is 28.7 Å². The fourth-order valence-corrected chi connectivity index (χ4v) is 2.90. The second kappa shape index (κ2) is 8.76. The van der Waals surface area contributed by atoms with E-state index in [4.69, 9.17) is 9.47 Å². The lowest BCUT2D eigenvalue weighted by Crippen LogP contribution is -2.15. The molecular formula is C20H18F2N2O4. The standard InChI is InChI=1S/C20H18F2N2O4/c1-27-18-10-24-17(19(21)22)8-15(18)14-7-13(23-9-16(14)20(25)26)5-4-12-3-2-6-28-11-12/h7-10,12,19H,2-3,6,11H2,1H3,(H,25,26). The number of nitrogens with zero attached hydrogens (tertiary/aromatic N) is 2. The summed E-state index contributed by atoms with van der Waals surface area (Å²) >= 11 is 0. The average molecular weight is 388 g/mol. The van der Waals surface area contributed by atoms with Gasteiger partial charge in [0.1, 0.15) is 17.1 Å². The number of ether oxygens (including phenoxy) is 2. The van der Waals surface area contributed by atoms with Gasteiger partial charge in [-0.15, -0.1) is 0 Å². The summed E-state index contributed by atoms with van der Waals surface area (Å²) in [4.78, 5) is 19.4. The van der Waals surface area contributed by atoms with Crippen molar-refractivity contribution in [1.82, 2.24) is 9.97 Å². The Morgan fingerprint density at radius 2 is 2.14 bits per heavy atom. The summed E-state index contributed by atoms with van der Waals surface area (Å²) in [5.41, 5.74) is 0.0970. The van der Waals surface area contributed by atoms with Crippen molar-refractivity contribution in [2.75, 3.05) is 20.3 Å². The van der Waals surface area contributed by atoms with Gasteiger partial charge in [-0.1, -0.05) is 5.92 Å². The highest BCUT2D eigenvalue weighted by molar-refractivity contribution is 5.96. The summed E-state index contributed by atoms with van der Waals surface area (Å²) in [7, 11) is 1.36. The molecule has 1 atom stereocenters. The van der Waals surface area contributed by atoms with E-state index in [2.05, 4.69) is 21.8 Å². The second-order valence-electron chi connectivity index (χ2n) is 6.21. The first-order valence-corrected chi connectivity index (χ1v) is 8.64. The molecule has 1 fully saturated rings. The summed E-state index contributed by atoms with van der Waals surface area (Å²) in [6.07, 6.45) is 1.36. The summed E-state index contributed by atoms with van der Waals surface area (Å²) in [6.45, 7) is 1.27. The Labute approximate surface area is 160 Å². The molecule has 0 aromatic carbocycles. The molecule has 0 amide bonds. The lowest BCUT2D eigenvalue weighted by molar-refractivity contribution is 0.0697.